The second kappa shape index (κ2) is 6.35. The van der Waals surface area contributed by atoms with Crippen molar-refractivity contribution in [3.63, 3.8) is 0 Å². The fraction of sp³-hybridized carbons (Fsp3) is 0.750. The molecule has 0 bridgehead atoms. The molecule has 112 valence electrons. The van der Waals surface area contributed by atoms with Gasteiger partial charge in [0, 0.05) is 12.3 Å². The van der Waals surface area contributed by atoms with E-state index in [2.05, 4.69) is 37.7 Å². The highest BCUT2D eigenvalue weighted by Gasteiger charge is 2.39. The average molecular weight is 294 g/mol. The molecule has 2 rings (SSSR count). The Bertz CT molecular complexity index is 507. The molecule has 2 atom stereocenters. The Morgan fingerprint density at radius 1 is 1.55 bits per heavy atom. The lowest BCUT2D eigenvalue weighted by Gasteiger charge is -2.39. The minimum Gasteiger partial charge on any atom is -0.367 e. The van der Waals surface area contributed by atoms with Crippen LogP contribution in [0.5, 0.6) is 0 Å². The molecule has 1 aliphatic carbocycles. The molecule has 0 spiro atoms. The van der Waals surface area contributed by atoms with Gasteiger partial charge in [-0.2, -0.15) is 0 Å². The van der Waals surface area contributed by atoms with Gasteiger partial charge in [-0.1, -0.05) is 39.4 Å². The number of aromatic nitrogens is 2. The summed E-state index contributed by atoms with van der Waals surface area (Å²) in [6, 6.07) is 1.97. The summed E-state index contributed by atoms with van der Waals surface area (Å²) in [5.41, 5.74) is 0.877. The molecule has 0 aliphatic heterocycles. The lowest BCUT2D eigenvalue weighted by molar-refractivity contribution is -0.0883. The molecule has 0 amide bonds. The third kappa shape index (κ3) is 3.29. The van der Waals surface area contributed by atoms with Gasteiger partial charge in [-0.15, -0.1) is 0 Å². The quantitative estimate of drug-likeness (QED) is 0.818. The molecular formula is C16H26N2OS. The molecule has 1 saturated carbocycles. The van der Waals surface area contributed by atoms with Crippen LogP contribution in [0.15, 0.2) is 6.07 Å². The van der Waals surface area contributed by atoms with E-state index in [-0.39, 0.29) is 5.60 Å². The Balaban J connectivity index is 2.46. The van der Waals surface area contributed by atoms with E-state index in [1.165, 1.54) is 12.8 Å². The molecule has 1 aromatic heterocycles. The van der Waals surface area contributed by atoms with Crippen LogP contribution in [0, 0.1) is 10.6 Å². The van der Waals surface area contributed by atoms with Crippen molar-refractivity contribution < 1.29 is 4.74 Å². The highest BCUT2D eigenvalue weighted by Crippen LogP contribution is 2.41. The van der Waals surface area contributed by atoms with E-state index >= 15 is 0 Å². The summed E-state index contributed by atoms with van der Waals surface area (Å²) in [7, 11) is 0. The first kappa shape index (κ1) is 15.6. The van der Waals surface area contributed by atoms with Gasteiger partial charge >= 0.3 is 0 Å². The molecule has 1 N–H and O–H groups in total. The number of H-pyrrole nitrogens is 1. The summed E-state index contributed by atoms with van der Waals surface area (Å²) in [5, 5.41) is 0. The number of nitrogens with one attached hydrogen (secondary N) is 1. The predicted octanol–water partition coefficient (Wildman–Crippen LogP) is 4.70. The highest BCUT2D eigenvalue weighted by atomic mass is 32.1. The van der Waals surface area contributed by atoms with Crippen molar-refractivity contribution in [3.8, 4) is 0 Å². The molecule has 0 radical (unpaired) electrons. The molecule has 1 aromatic rings. The lowest BCUT2D eigenvalue weighted by atomic mass is 9.78. The number of nitrogens with zero attached hydrogens (tertiary/aromatic N) is 1. The first-order chi connectivity index (χ1) is 9.47. The lowest BCUT2D eigenvalue weighted by Crippen LogP contribution is -2.37. The number of rotatable bonds is 4. The van der Waals surface area contributed by atoms with Crippen LogP contribution in [0.4, 0.5) is 0 Å². The van der Waals surface area contributed by atoms with Gasteiger partial charge in [0.1, 0.15) is 16.1 Å². The van der Waals surface area contributed by atoms with Gasteiger partial charge in [-0.25, -0.2) is 4.98 Å². The van der Waals surface area contributed by atoms with Crippen molar-refractivity contribution in [3.05, 3.63) is 22.2 Å². The second-order valence-electron chi connectivity index (χ2n) is 6.31. The molecule has 3 nitrogen and oxygen atoms in total. The molecule has 2 unspecified atom stereocenters. The van der Waals surface area contributed by atoms with E-state index in [4.69, 9.17) is 17.0 Å². The van der Waals surface area contributed by atoms with Crippen molar-refractivity contribution in [2.75, 3.05) is 6.61 Å². The van der Waals surface area contributed by atoms with Crippen molar-refractivity contribution in [1.82, 2.24) is 9.97 Å². The van der Waals surface area contributed by atoms with Crippen molar-refractivity contribution >= 4 is 12.2 Å². The standard InChI is InChI=1S/C16H26N2OS/c1-5-19-16(8-6-7-12(4)10-16)15-17-13(11(2)3)9-14(20)18-15/h9,11-12H,5-8,10H2,1-4H3,(H,17,18,20). The highest BCUT2D eigenvalue weighted by molar-refractivity contribution is 7.71. The maximum atomic E-state index is 6.18. The second-order valence-corrected chi connectivity index (χ2v) is 6.73. The first-order valence-electron chi connectivity index (χ1n) is 7.72. The van der Waals surface area contributed by atoms with Crippen LogP contribution in [0.25, 0.3) is 0 Å². The molecule has 20 heavy (non-hydrogen) atoms. The van der Waals surface area contributed by atoms with Crippen molar-refractivity contribution in [2.45, 2.75) is 64.9 Å². The average Bonchev–Trinajstić information content (AvgIpc) is 2.38. The van der Waals surface area contributed by atoms with E-state index in [0.717, 1.165) is 24.4 Å². The third-order valence-electron chi connectivity index (χ3n) is 4.19. The Morgan fingerprint density at radius 3 is 2.90 bits per heavy atom. The van der Waals surface area contributed by atoms with Crippen LogP contribution < -0.4 is 0 Å². The Hall–Kier alpha value is -0.740. The summed E-state index contributed by atoms with van der Waals surface area (Å²) < 4.78 is 6.84. The SMILES string of the molecule is CCOC1(c2nc(=S)cc(C(C)C)[nH]2)CCCC(C)C1. The fourth-order valence-corrected chi connectivity index (χ4v) is 3.42. The molecule has 0 saturated heterocycles. The fourth-order valence-electron chi connectivity index (χ4n) is 3.20. The normalized spacial score (nSPS) is 26.9. The van der Waals surface area contributed by atoms with Crippen molar-refractivity contribution in [1.29, 1.82) is 0 Å². The van der Waals surface area contributed by atoms with Crippen LogP contribution in [0.1, 0.15) is 70.8 Å². The van der Waals surface area contributed by atoms with Gasteiger partial charge < -0.3 is 9.72 Å². The molecular weight excluding hydrogens is 268 g/mol. The molecule has 1 fully saturated rings. The third-order valence-corrected chi connectivity index (χ3v) is 4.40. The van der Waals surface area contributed by atoms with Gasteiger partial charge in [-0.3, -0.25) is 0 Å². The van der Waals surface area contributed by atoms with E-state index in [1.807, 2.05) is 6.07 Å². The van der Waals surface area contributed by atoms with Gasteiger partial charge in [0.15, 0.2) is 0 Å². The molecule has 4 heteroatoms. The van der Waals surface area contributed by atoms with Gasteiger partial charge in [0.25, 0.3) is 0 Å². The Labute approximate surface area is 127 Å². The summed E-state index contributed by atoms with van der Waals surface area (Å²) >= 11 is 5.35. The Morgan fingerprint density at radius 2 is 2.30 bits per heavy atom. The van der Waals surface area contributed by atoms with E-state index in [0.29, 0.717) is 23.1 Å². The number of ether oxygens (including phenoxy) is 1. The smallest absolute Gasteiger partial charge is 0.140 e. The zero-order chi connectivity index (χ0) is 14.8. The maximum Gasteiger partial charge on any atom is 0.140 e. The Kier molecular flexibility index (Phi) is 4.97. The summed E-state index contributed by atoms with van der Waals surface area (Å²) in [6.45, 7) is 9.40. The summed E-state index contributed by atoms with van der Waals surface area (Å²) in [6.07, 6.45) is 4.53. The van der Waals surface area contributed by atoms with Crippen LogP contribution in [0.3, 0.4) is 0 Å². The largest absolute Gasteiger partial charge is 0.367 e. The van der Waals surface area contributed by atoms with Crippen LogP contribution in [0.2, 0.25) is 0 Å². The molecule has 0 aromatic carbocycles. The van der Waals surface area contributed by atoms with Gasteiger partial charge in [0.2, 0.25) is 0 Å². The predicted molar refractivity (Wildman–Crippen MR) is 84.4 cm³/mol. The minimum absolute atomic E-state index is 0.273. The monoisotopic (exact) mass is 294 g/mol. The molecule has 1 heterocycles. The minimum atomic E-state index is -0.273. The van der Waals surface area contributed by atoms with E-state index in [1.54, 1.807) is 0 Å². The number of hydrogen-bond donors (Lipinski definition) is 1. The topological polar surface area (TPSA) is 37.9 Å². The first-order valence-corrected chi connectivity index (χ1v) is 8.13. The van der Waals surface area contributed by atoms with Crippen LogP contribution in [-0.4, -0.2) is 16.6 Å². The van der Waals surface area contributed by atoms with Crippen LogP contribution in [-0.2, 0) is 10.3 Å². The van der Waals surface area contributed by atoms with Gasteiger partial charge in [0.05, 0.1) is 0 Å². The number of hydrogen-bond acceptors (Lipinski definition) is 3. The number of aromatic amines is 1. The summed E-state index contributed by atoms with van der Waals surface area (Å²) in [4.78, 5) is 8.10. The summed E-state index contributed by atoms with van der Waals surface area (Å²) in [5.74, 6) is 2.02. The molecule has 1 aliphatic rings. The van der Waals surface area contributed by atoms with E-state index < -0.39 is 0 Å². The van der Waals surface area contributed by atoms with Crippen molar-refractivity contribution in [2.24, 2.45) is 5.92 Å². The zero-order valence-corrected chi connectivity index (χ0v) is 13.8. The van der Waals surface area contributed by atoms with Crippen LogP contribution >= 0.6 is 12.2 Å². The van der Waals surface area contributed by atoms with Gasteiger partial charge in [-0.05, 0) is 44.1 Å². The maximum absolute atomic E-state index is 6.18. The zero-order valence-electron chi connectivity index (χ0n) is 13.0. The van der Waals surface area contributed by atoms with E-state index in [9.17, 15) is 0 Å².